The first-order valence-electron chi connectivity index (χ1n) is 18.4. The number of hydrogen-bond acceptors (Lipinski definition) is 4. The highest BCUT2D eigenvalue weighted by Gasteiger charge is 2.42. The fourth-order valence-corrected chi connectivity index (χ4v) is 7.49. The maximum atomic E-state index is 12.5. The molecule has 1 aliphatic carbocycles. The van der Waals surface area contributed by atoms with Crippen molar-refractivity contribution in [2.75, 3.05) is 10.1 Å². The number of halogens is 1. The van der Waals surface area contributed by atoms with Crippen LogP contribution in [0.1, 0.15) is 89.2 Å². The van der Waals surface area contributed by atoms with Gasteiger partial charge in [-0.1, -0.05) is 132 Å². The predicted molar refractivity (Wildman–Crippen MR) is 207 cm³/mol. The van der Waals surface area contributed by atoms with Crippen molar-refractivity contribution in [1.29, 1.82) is 0 Å². The standard InChI is InChI=1S/C37H43N.C8H7FN2O/c1-3-5-7-17-27-37(28-18-8-6-4-2)35-24-16-15-23-33(35)34-26-25-32(29-36(34)37)38(30-19-11-9-12-20-30)31-21-13-10-14-22-31;9-7-1-3-8(4-2-7)11-10-5-6-12-11/h9-16,19-26,29H,3-8,17-18,27-28H2,1-2H3;1-6,10H. The minimum Gasteiger partial charge on any atom is -0.366 e. The van der Waals surface area contributed by atoms with Crippen LogP contribution in [0.5, 0.6) is 0 Å². The smallest absolute Gasteiger partial charge is 0.139 e. The zero-order valence-electron chi connectivity index (χ0n) is 29.5. The van der Waals surface area contributed by atoms with Crippen LogP contribution < -0.4 is 15.5 Å². The van der Waals surface area contributed by atoms with Crippen LogP contribution in [-0.2, 0) is 10.3 Å². The molecule has 1 aliphatic heterocycles. The molecule has 4 nitrogen and oxygen atoms in total. The summed E-state index contributed by atoms with van der Waals surface area (Å²) in [6.45, 7) is 4.63. The summed E-state index contributed by atoms with van der Waals surface area (Å²) in [4.78, 5) is 7.42. The summed E-state index contributed by atoms with van der Waals surface area (Å²) >= 11 is 0. The molecule has 0 aromatic heterocycles. The van der Waals surface area contributed by atoms with Crippen LogP contribution in [0.4, 0.5) is 27.1 Å². The summed E-state index contributed by atoms with van der Waals surface area (Å²) in [6, 6.07) is 44.2. The molecule has 1 heterocycles. The lowest BCUT2D eigenvalue weighted by Crippen LogP contribution is -2.27. The molecule has 5 aromatic rings. The summed E-state index contributed by atoms with van der Waals surface area (Å²) in [7, 11) is 0. The van der Waals surface area contributed by atoms with E-state index < -0.39 is 0 Å². The second-order valence-corrected chi connectivity index (χ2v) is 13.3. The quantitative estimate of drug-likeness (QED) is 0.119. The number of rotatable bonds is 14. The molecule has 0 amide bonds. The number of unbranched alkanes of at least 4 members (excludes halogenated alkanes) is 6. The third-order valence-corrected chi connectivity index (χ3v) is 9.94. The van der Waals surface area contributed by atoms with Gasteiger partial charge in [-0.05, 0) is 95.8 Å². The summed E-state index contributed by atoms with van der Waals surface area (Å²) in [5.41, 5.74) is 13.3. The van der Waals surface area contributed by atoms with E-state index in [4.69, 9.17) is 4.84 Å². The first kappa shape index (κ1) is 34.8. The van der Waals surface area contributed by atoms with Crippen LogP contribution in [0.2, 0.25) is 0 Å². The molecule has 0 atom stereocenters. The first-order chi connectivity index (χ1) is 24.6. The number of para-hydroxylation sites is 2. The second-order valence-electron chi connectivity index (χ2n) is 13.3. The van der Waals surface area contributed by atoms with Gasteiger partial charge in [0.1, 0.15) is 12.1 Å². The van der Waals surface area contributed by atoms with Crippen molar-refractivity contribution in [2.24, 2.45) is 0 Å². The van der Waals surface area contributed by atoms with Crippen molar-refractivity contribution in [3.63, 3.8) is 0 Å². The Morgan fingerprint density at radius 3 is 1.76 bits per heavy atom. The zero-order valence-corrected chi connectivity index (χ0v) is 29.5. The topological polar surface area (TPSA) is 27.7 Å². The van der Waals surface area contributed by atoms with E-state index in [0.717, 1.165) is 5.69 Å². The molecular weight excluding hydrogens is 618 g/mol. The van der Waals surface area contributed by atoms with E-state index in [-0.39, 0.29) is 11.2 Å². The molecular formula is C45H50FN3O. The SMILES string of the molecule is CCCCCCC1(CCCCCC)c2ccccc2-c2ccc(N(c3ccccc3)c3ccccc3)cc21.Fc1ccc(N2NC=CO2)cc1. The van der Waals surface area contributed by atoms with E-state index in [1.807, 2.05) is 0 Å². The molecule has 50 heavy (non-hydrogen) atoms. The van der Waals surface area contributed by atoms with Gasteiger partial charge in [-0.3, -0.25) is 5.43 Å². The van der Waals surface area contributed by atoms with Gasteiger partial charge < -0.3 is 9.74 Å². The van der Waals surface area contributed by atoms with E-state index in [2.05, 4.69) is 127 Å². The molecule has 258 valence electrons. The molecule has 2 aliphatic rings. The summed E-state index contributed by atoms with van der Waals surface area (Å²) in [5, 5.41) is 1.43. The first-order valence-corrected chi connectivity index (χ1v) is 18.4. The maximum absolute atomic E-state index is 12.5. The number of benzene rings is 5. The van der Waals surface area contributed by atoms with Crippen molar-refractivity contribution in [1.82, 2.24) is 5.43 Å². The molecule has 1 N–H and O–H groups in total. The highest BCUT2D eigenvalue weighted by atomic mass is 19.1. The molecule has 0 bridgehead atoms. The Hall–Kier alpha value is -5.03. The Morgan fingerprint density at radius 2 is 1.18 bits per heavy atom. The lowest BCUT2D eigenvalue weighted by Gasteiger charge is -2.34. The minimum absolute atomic E-state index is 0.0997. The molecule has 0 saturated carbocycles. The van der Waals surface area contributed by atoms with Gasteiger partial charge in [0.05, 0.1) is 11.9 Å². The molecule has 0 fully saturated rings. The molecule has 5 heteroatoms. The van der Waals surface area contributed by atoms with Crippen LogP contribution in [0.15, 0.2) is 140 Å². The maximum Gasteiger partial charge on any atom is 0.139 e. The molecule has 5 aromatic carbocycles. The van der Waals surface area contributed by atoms with Crippen LogP contribution >= 0.6 is 0 Å². The predicted octanol–water partition coefficient (Wildman–Crippen LogP) is 12.9. The van der Waals surface area contributed by atoms with Gasteiger partial charge in [0.2, 0.25) is 0 Å². The number of nitrogens with one attached hydrogen (secondary N) is 1. The van der Waals surface area contributed by atoms with Gasteiger partial charge in [-0.15, -0.1) is 5.17 Å². The zero-order chi connectivity index (χ0) is 34.6. The van der Waals surface area contributed by atoms with Crippen LogP contribution in [-0.4, -0.2) is 0 Å². The van der Waals surface area contributed by atoms with Gasteiger partial charge in [0, 0.05) is 22.5 Å². The summed E-state index contributed by atoms with van der Waals surface area (Å²) in [6.07, 6.45) is 16.1. The third-order valence-electron chi connectivity index (χ3n) is 9.94. The Kier molecular flexibility index (Phi) is 11.9. The number of anilines is 4. The molecule has 0 saturated heterocycles. The average molecular weight is 668 g/mol. The van der Waals surface area contributed by atoms with Gasteiger partial charge in [0.25, 0.3) is 0 Å². The van der Waals surface area contributed by atoms with Gasteiger partial charge >= 0.3 is 0 Å². The van der Waals surface area contributed by atoms with E-state index >= 15 is 0 Å². The lowest BCUT2D eigenvalue weighted by atomic mass is 9.70. The molecule has 0 radical (unpaired) electrons. The fraction of sp³-hybridized carbons (Fsp3) is 0.289. The normalized spacial score (nSPS) is 13.5. The van der Waals surface area contributed by atoms with Crippen molar-refractivity contribution in [3.8, 4) is 11.1 Å². The minimum atomic E-state index is -0.258. The largest absolute Gasteiger partial charge is 0.366 e. The van der Waals surface area contributed by atoms with Gasteiger partial charge in [0.15, 0.2) is 0 Å². The Balaban J connectivity index is 0.000000302. The molecule has 7 rings (SSSR count). The lowest BCUT2D eigenvalue weighted by molar-refractivity contribution is 0.221. The van der Waals surface area contributed by atoms with Gasteiger partial charge in [-0.2, -0.15) is 0 Å². The van der Waals surface area contributed by atoms with Crippen LogP contribution in [0.25, 0.3) is 11.1 Å². The van der Waals surface area contributed by atoms with E-state index in [0.29, 0.717) is 0 Å². The Bertz CT molecular complexity index is 1750. The fourth-order valence-electron chi connectivity index (χ4n) is 7.49. The van der Waals surface area contributed by atoms with Crippen LogP contribution in [0, 0.1) is 5.82 Å². The highest BCUT2D eigenvalue weighted by molar-refractivity contribution is 5.85. The van der Waals surface area contributed by atoms with E-state index in [9.17, 15) is 4.39 Å². The second kappa shape index (κ2) is 17.1. The van der Waals surface area contributed by atoms with Crippen LogP contribution in [0.3, 0.4) is 0 Å². The number of hydrogen-bond donors (Lipinski definition) is 1. The van der Waals surface area contributed by atoms with Crippen molar-refractivity contribution in [3.05, 3.63) is 157 Å². The number of nitrogens with zero attached hydrogens (tertiary/aromatic N) is 2. The summed E-state index contributed by atoms with van der Waals surface area (Å²) < 4.78 is 12.5. The molecule has 0 unspecified atom stereocenters. The number of hydrazine groups is 1. The monoisotopic (exact) mass is 667 g/mol. The van der Waals surface area contributed by atoms with E-state index in [1.54, 1.807) is 29.5 Å². The Labute approximate surface area is 298 Å². The van der Waals surface area contributed by atoms with Crippen molar-refractivity contribution in [2.45, 2.75) is 83.5 Å². The highest BCUT2D eigenvalue weighted by Crippen LogP contribution is 2.55. The Morgan fingerprint density at radius 1 is 0.600 bits per heavy atom. The number of fused-ring (bicyclic) bond motifs is 3. The van der Waals surface area contributed by atoms with Gasteiger partial charge in [-0.25, -0.2) is 4.39 Å². The molecule has 0 spiro atoms. The average Bonchev–Trinajstić information content (AvgIpc) is 3.80. The van der Waals surface area contributed by atoms with Crippen molar-refractivity contribution >= 4 is 22.7 Å². The van der Waals surface area contributed by atoms with E-state index in [1.165, 1.54) is 116 Å². The summed E-state index contributed by atoms with van der Waals surface area (Å²) in [5.74, 6) is -0.258. The van der Waals surface area contributed by atoms with Crippen molar-refractivity contribution < 1.29 is 9.23 Å². The third kappa shape index (κ3) is 7.89.